The van der Waals surface area contributed by atoms with Crippen molar-refractivity contribution in [1.82, 2.24) is 9.88 Å². The molecule has 36 heavy (non-hydrogen) atoms. The first-order chi connectivity index (χ1) is 17.4. The van der Waals surface area contributed by atoms with Crippen molar-refractivity contribution in [2.75, 3.05) is 32.1 Å². The van der Waals surface area contributed by atoms with E-state index in [0.29, 0.717) is 54.1 Å². The molecule has 0 saturated carbocycles. The summed E-state index contributed by atoms with van der Waals surface area (Å²) in [6.07, 6.45) is 2.60. The molecule has 0 aliphatic heterocycles. The summed E-state index contributed by atoms with van der Waals surface area (Å²) in [6, 6.07) is 16.5. The minimum atomic E-state index is 0.0232. The standard InChI is InChI=1S/C27H32ClN5O3/c1-4-14-33(19(2)34)15-16-35-25-10-7-9-23(30-3)26(25)27(29)32-20-11-12-24(22(28)17-20)36-18-21-8-5-6-13-31-21/h5-13,17,30H,4,14-16,18H2,1-3H3,(H2,29,32). The van der Waals surface area contributed by atoms with Gasteiger partial charge in [0, 0.05) is 32.4 Å². The number of hydrogen-bond donors (Lipinski definition) is 2. The van der Waals surface area contributed by atoms with Crippen molar-refractivity contribution >= 4 is 34.7 Å². The lowest BCUT2D eigenvalue weighted by molar-refractivity contribution is -0.129. The second kappa shape index (κ2) is 13.3. The molecule has 3 rings (SSSR count). The van der Waals surface area contributed by atoms with Crippen LogP contribution in [-0.4, -0.2) is 48.4 Å². The van der Waals surface area contributed by atoms with Crippen LogP contribution in [-0.2, 0) is 11.4 Å². The lowest BCUT2D eigenvalue weighted by Crippen LogP contribution is -2.33. The molecule has 3 N–H and O–H groups in total. The van der Waals surface area contributed by atoms with Gasteiger partial charge < -0.3 is 25.4 Å². The molecule has 0 fully saturated rings. The molecular formula is C27H32ClN5O3. The summed E-state index contributed by atoms with van der Waals surface area (Å²) >= 11 is 6.44. The monoisotopic (exact) mass is 509 g/mol. The average Bonchev–Trinajstić information content (AvgIpc) is 2.88. The maximum absolute atomic E-state index is 11.8. The van der Waals surface area contributed by atoms with Gasteiger partial charge in [-0.3, -0.25) is 9.78 Å². The summed E-state index contributed by atoms with van der Waals surface area (Å²) in [5, 5.41) is 3.55. The number of rotatable bonds is 12. The van der Waals surface area contributed by atoms with Crippen LogP contribution in [0.4, 0.5) is 11.4 Å². The number of benzene rings is 2. The fourth-order valence-electron chi connectivity index (χ4n) is 3.59. The third-order valence-electron chi connectivity index (χ3n) is 5.38. The van der Waals surface area contributed by atoms with Crippen LogP contribution in [0.3, 0.4) is 0 Å². The number of pyridine rings is 1. The van der Waals surface area contributed by atoms with Crippen LogP contribution in [0.15, 0.2) is 65.8 Å². The van der Waals surface area contributed by atoms with E-state index < -0.39 is 0 Å². The number of aromatic nitrogens is 1. The highest BCUT2D eigenvalue weighted by molar-refractivity contribution is 6.32. The molecular weight excluding hydrogens is 478 g/mol. The Bertz CT molecular complexity index is 1190. The van der Waals surface area contributed by atoms with E-state index >= 15 is 0 Å². The molecule has 1 heterocycles. The molecule has 0 spiro atoms. The van der Waals surface area contributed by atoms with Gasteiger partial charge in [-0.05, 0) is 48.9 Å². The number of aliphatic imine (C=N–C) groups is 1. The average molecular weight is 510 g/mol. The Morgan fingerprint density at radius 1 is 1.11 bits per heavy atom. The molecule has 0 aliphatic carbocycles. The molecule has 2 aromatic carbocycles. The molecule has 8 nitrogen and oxygen atoms in total. The number of amidine groups is 1. The topological polar surface area (TPSA) is 102 Å². The van der Waals surface area contributed by atoms with Gasteiger partial charge in [0.1, 0.15) is 30.5 Å². The van der Waals surface area contributed by atoms with E-state index in [4.69, 9.17) is 26.8 Å². The van der Waals surface area contributed by atoms with Crippen LogP contribution >= 0.6 is 11.6 Å². The minimum Gasteiger partial charge on any atom is -0.491 e. The van der Waals surface area contributed by atoms with Crippen molar-refractivity contribution in [2.45, 2.75) is 26.9 Å². The molecule has 1 aromatic heterocycles. The molecule has 190 valence electrons. The number of carbonyl (C=O) groups excluding carboxylic acids is 1. The molecule has 0 unspecified atom stereocenters. The van der Waals surface area contributed by atoms with Crippen LogP contribution in [0.2, 0.25) is 5.02 Å². The predicted molar refractivity (Wildman–Crippen MR) is 144 cm³/mol. The number of anilines is 1. The first kappa shape index (κ1) is 26.8. The van der Waals surface area contributed by atoms with Gasteiger partial charge in [-0.2, -0.15) is 0 Å². The molecule has 3 aromatic rings. The van der Waals surface area contributed by atoms with Crippen molar-refractivity contribution in [2.24, 2.45) is 10.7 Å². The summed E-state index contributed by atoms with van der Waals surface area (Å²) in [5.74, 6) is 1.39. The summed E-state index contributed by atoms with van der Waals surface area (Å²) in [7, 11) is 1.80. The molecule has 1 amide bonds. The van der Waals surface area contributed by atoms with Crippen molar-refractivity contribution in [1.29, 1.82) is 0 Å². The largest absolute Gasteiger partial charge is 0.491 e. The van der Waals surface area contributed by atoms with E-state index in [9.17, 15) is 4.79 Å². The summed E-state index contributed by atoms with van der Waals surface area (Å²) in [4.78, 5) is 22.4. The van der Waals surface area contributed by atoms with E-state index in [1.165, 1.54) is 0 Å². The van der Waals surface area contributed by atoms with E-state index in [0.717, 1.165) is 17.8 Å². The third kappa shape index (κ3) is 7.36. The number of hydrogen-bond acceptors (Lipinski definition) is 6. The first-order valence-corrected chi connectivity index (χ1v) is 12.2. The molecule has 9 heteroatoms. The van der Waals surface area contributed by atoms with Crippen molar-refractivity contribution in [3.05, 3.63) is 77.1 Å². The van der Waals surface area contributed by atoms with Crippen molar-refractivity contribution in [3.8, 4) is 11.5 Å². The van der Waals surface area contributed by atoms with E-state index in [2.05, 4.69) is 15.3 Å². The van der Waals surface area contributed by atoms with E-state index in [1.807, 2.05) is 43.3 Å². The summed E-state index contributed by atoms with van der Waals surface area (Å²) in [5.41, 5.74) is 9.22. The van der Waals surface area contributed by atoms with Gasteiger partial charge in [0.2, 0.25) is 5.91 Å². The number of nitrogens with one attached hydrogen (secondary N) is 1. The molecule has 0 saturated heterocycles. The van der Waals surface area contributed by atoms with E-state index in [-0.39, 0.29) is 11.7 Å². The highest BCUT2D eigenvalue weighted by atomic mass is 35.5. The Balaban J connectivity index is 1.76. The highest BCUT2D eigenvalue weighted by Gasteiger charge is 2.15. The Kier molecular flexibility index (Phi) is 9.94. The lowest BCUT2D eigenvalue weighted by Gasteiger charge is -2.21. The zero-order valence-corrected chi connectivity index (χ0v) is 21.6. The maximum atomic E-state index is 11.8. The number of ether oxygens (including phenoxy) is 2. The predicted octanol–water partition coefficient (Wildman–Crippen LogP) is 5.03. The first-order valence-electron chi connectivity index (χ1n) is 11.8. The van der Waals surface area contributed by atoms with E-state index in [1.54, 1.807) is 43.3 Å². The second-order valence-corrected chi connectivity index (χ2v) is 8.41. The number of carbonyl (C=O) groups is 1. The fourth-order valence-corrected chi connectivity index (χ4v) is 3.82. The Morgan fingerprint density at radius 2 is 1.94 bits per heavy atom. The second-order valence-electron chi connectivity index (χ2n) is 8.00. The minimum absolute atomic E-state index is 0.0232. The van der Waals surface area contributed by atoms with Crippen LogP contribution in [0.5, 0.6) is 11.5 Å². The van der Waals surface area contributed by atoms with Crippen LogP contribution in [0, 0.1) is 0 Å². The van der Waals surface area contributed by atoms with Crippen molar-refractivity contribution in [3.63, 3.8) is 0 Å². The van der Waals surface area contributed by atoms with Gasteiger partial charge >= 0.3 is 0 Å². The van der Waals surface area contributed by atoms with Gasteiger partial charge in [-0.25, -0.2) is 4.99 Å². The number of halogens is 1. The van der Waals surface area contributed by atoms with Gasteiger partial charge in [-0.15, -0.1) is 0 Å². The van der Waals surface area contributed by atoms with Crippen molar-refractivity contribution < 1.29 is 14.3 Å². The summed E-state index contributed by atoms with van der Waals surface area (Å²) < 4.78 is 11.8. The molecule has 0 bridgehead atoms. The van der Waals surface area contributed by atoms with Crippen LogP contribution in [0.25, 0.3) is 0 Å². The molecule has 0 atom stereocenters. The Morgan fingerprint density at radius 3 is 2.61 bits per heavy atom. The van der Waals surface area contributed by atoms with Gasteiger partial charge in [0.15, 0.2) is 0 Å². The van der Waals surface area contributed by atoms with Gasteiger partial charge in [-0.1, -0.05) is 30.7 Å². The SMILES string of the molecule is CCCN(CCOc1cccc(NC)c1C(N)=Nc1ccc(OCc2ccccn2)c(Cl)c1)C(C)=O. The Labute approximate surface area is 217 Å². The zero-order chi connectivity index (χ0) is 25.9. The molecule has 0 aliphatic rings. The number of amides is 1. The number of nitrogens with zero attached hydrogens (tertiary/aromatic N) is 3. The fraction of sp³-hybridized carbons (Fsp3) is 0.296. The van der Waals surface area contributed by atoms with Crippen LogP contribution < -0.4 is 20.5 Å². The lowest BCUT2D eigenvalue weighted by atomic mass is 10.1. The number of nitrogens with two attached hydrogens (primary N) is 1. The quantitative estimate of drug-likeness (QED) is 0.262. The Hall–Kier alpha value is -3.78. The molecule has 0 radical (unpaired) electrons. The maximum Gasteiger partial charge on any atom is 0.219 e. The highest BCUT2D eigenvalue weighted by Crippen LogP contribution is 2.31. The normalized spacial score (nSPS) is 11.2. The smallest absolute Gasteiger partial charge is 0.219 e. The van der Waals surface area contributed by atoms with Gasteiger partial charge in [0.05, 0.1) is 28.5 Å². The third-order valence-corrected chi connectivity index (χ3v) is 5.67. The zero-order valence-electron chi connectivity index (χ0n) is 20.8. The van der Waals surface area contributed by atoms with Gasteiger partial charge in [0.25, 0.3) is 0 Å². The summed E-state index contributed by atoms with van der Waals surface area (Å²) in [6.45, 7) is 5.41. The van der Waals surface area contributed by atoms with Crippen LogP contribution in [0.1, 0.15) is 31.5 Å².